The van der Waals surface area contributed by atoms with E-state index in [0.717, 1.165) is 15.2 Å². The first kappa shape index (κ1) is 14.8. The molecule has 0 atom stereocenters. The smallest absolute Gasteiger partial charge is 0.422 e. The van der Waals surface area contributed by atoms with Gasteiger partial charge in [0.25, 0.3) is 0 Å². The van der Waals surface area contributed by atoms with E-state index in [1.807, 2.05) is 24.3 Å². The van der Waals surface area contributed by atoms with E-state index in [9.17, 15) is 18.0 Å². The zero-order valence-corrected chi connectivity index (χ0v) is 11.3. The average molecular weight is 303 g/mol. The van der Waals surface area contributed by atoms with Gasteiger partial charge in [-0.15, -0.1) is 11.3 Å². The van der Waals surface area contributed by atoms with Crippen LogP contribution in [0.5, 0.6) is 0 Å². The molecule has 3 nitrogen and oxygen atoms in total. The van der Waals surface area contributed by atoms with Gasteiger partial charge >= 0.3 is 12.1 Å². The summed E-state index contributed by atoms with van der Waals surface area (Å²) in [6.07, 6.45) is -3.52. The Labute approximate surface area is 117 Å². The topological polar surface area (TPSA) is 39.2 Å². The molecule has 0 aliphatic heterocycles. The Morgan fingerprint density at radius 1 is 1.30 bits per heavy atom. The molecule has 0 fully saturated rings. The van der Waals surface area contributed by atoms with Crippen molar-refractivity contribution in [1.82, 2.24) is 4.98 Å². The van der Waals surface area contributed by atoms with Crippen molar-refractivity contribution in [3.63, 3.8) is 0 Å². The number of halogens is 3. The lowest BCUT2D eigenvalue weighted by molar-refractivity contribution is -0.186. The minimum Gasteiger partial charge on any atom is -0.456 e. The van der Waals surface area contributed by atoms with Crippen molar-refractivity contribution in [2.75, 3.05) is 6.61 Å². The summed E-state index contributed by atoms with van der Waals surface area (Å²) < 4.78 is 40.7. The second-order valence-electron chi connectivity index (χ2n) is 4.20. The van der Waals surface area contributed by atoms with Gasteiger partial charge in [0.2, 0.25) is 0 Å². The molecule has 0 saturated heterocycles. The number of rotatable bonds is 5. The van der Waals surface area contributed by atoms with Crippen LogP contribution in [-0.4, -0.2) is 23.7 Å². The van der Waals surface area contributed by atoms with Crippen LogP contribution < -0.4 is 0 Å². The molecule has 1 aromatic heterocycles. The first-order valence-corrected chi connectivity index (χ1v) is 6.82. The molecule has 0 unspecified atom stereocenters. The fourth-order valence-electron chi connectivity index (χ4n) is 1.65. The molecule has 20 heavy (non-hydrogen) atoms. The van der Waals surface area contributed by atoms with E-state index in [2.05, 4.69) is 9.72 Å². The maximum absolute atomic E-state index is 11.8. The molecule has 0 aliphatic rings. The normalized spacial score (nSPS) is 11.8. The van der Waals surface area contributed by atoms with E-state index in [4.69, 9.17) is 0 Å². The van der Waals surface area contributed by atoms with Crippen LogP contribution in [0.4, 0.5) is 13.2 Å². The zero-order valence-electron chi connectivity index (χ0n) is 10.4. The van der Waals surface area contributed by atoms with E-state index in [-0.39, 0.29) is 6.42 Å². The summed E-state index contributed by atoms with van der Waals surface area (Å²) in [7, 11) is 0. The highest BCUT2D eigenvalue weighted by Crippen LogP contribution is 2.22. The van der Waals surface area contributed by atoms with E-state index < -0.39 is 18.8 Å². The second-order valence-corrected chi connectivity index (χ2v) is 5.32. The fraction of sp³-hybridized carbons (Fsp3) is 0.385. The van der Waals surface area contributed by atoms with Crippen LogP contribution in [-0.2, 0) is 16.0 Å². The van der Waals surface area contributed by atoms with E-state index in [1.165, 1.54) is 11.3 Å². The van der Waals surface area contributed by atoms with Crippen LogP contribution in [0, 0.1) is 0 Å². The molecule has 2 rings (SSSR count). The number of carbonyl (C=O) groups is 1. The Balaban J connectivity index is 1.76. The van der Waals surface area contributed by atoms with Gasteiger partial charge < -0.3 is 4.74 Å². The van der Waals surface area contributed by atoms with Crippen LogP contribution >= 0.6 is 11.3 Å². The number of hydrogen-bond donors (Lipinski definition) is 0. The predicted molar refractivity (Wildman–Crippen MR) is 69.6 cm³/mol. The largest absolute Gasteiger partial charge is 0.456 e. The van der Waals surface area contributed by atoms with Crippen molar-refractivity contribution < 1.29 is 22.7 Å². The summed E-state index contributed by atoms with van der Waals surface area (Å²) in [5.74, 6) is -0.830. The van der Waals surface area contributed by atoms with Gasteiger partial charge in [-0.25, -0.2) is 4.98 Å². The number of thiazole rings is 1. The minimum absolute atomic E-state index is 0.0357. The number of alkyl halides is 3. The Morgan fingerprint density at radius 2 is 2.05 bits per heavy atom. The van der Waals surface area contributed by atoms with Gasteiger partial charge in [-0.1, -0.05) is 12.1 Å². The number of hydrogen-bond acceptors (Lipinski definition) is 4. The van der Waals surface area contributed by atoms with Crippen molar-refractivity contribution in [3.8, 4) is 0 Å². The summed E-state index contributed by atoms with van der Waals surface area (Å²) in [6, 6.07) is 7.65. The lowest BCUT2D eigenvalue weighted by Crippen LogP contribution is -2.20. The molecule has 0 aliphatic carbocycles. The summed E-state index contributed by atoms with van der Waals surface area (Å²) in [6.45, 7) is -1.52. The average Bonchev–Trinajstić information content (AvgIpc) is 2.78. The molecule has 0 radical (unpaired) electrons. The third-order valence-corrected chi connectivity index (χ3v) is 3.60. The Hall–Kier alpha value is -1.63. The lowest BCUT2D eigenvalue weighted by Gasteiger charge is -2.07. The number of nitrogens with zero attached hydrogens (tertiary/aromatic N) is 1. The van der Waals surface area contributed by atoms with E-state index >= 15 is 0 Å². The maximum atomic E-state index is 11.8. The van der Waals surface area contributed by atoms with Crippen LogP contribution in [0.3, 0.4) is 0 Å². The maximum Gasteiger partial charge on any atom is 0.422 e. The SMILES string of the molecule is O=C(CCCc1nc2ccccc2s1)OCC(F)(F)F. The molecule has 1 heterocycles. The number of fused-ring (bicyclic) bond motifs is 1. The molecule has 0 spiro atoms. The number of aryl methyl sites for hydroxylation is 1. The molecule has 2 aromatic rings. The number of ether oxygens (including phenoxy) is 1. The van der Waals surface area contributed by atoms with Crippen molar-refractivity contribution in [1.29, 1.82) is 0 Å². The second kappa shape index (κ2) is 6.21. The first-order valence-electron chi connectivity index (χ1n) is 6.01. The van der Waals surface area contributed by atoms with E-state index in [0.29, 0.717) is 12.8 Å². The van der Waals surface area contributed by atoms with Gasteiger partial charge in [0.1, 0.15) is 0 Å². The summed E-state index contributed by atoms with van der Waals surface area (Å²) in [5, 5.41) is 0.870. The highest BCUT2D eigenvalue weighted by atomic mass is 32.1. The highest BCUT2D eigenvalue weighted by Gasteiger charge is 2.29. The standard InChI is InChI=1S/C13H12F3NO2S/c14-13(15,16)8-19-12(18)7-3-6-11-17-9-4-1-2-5-10(9)20-11/h1-2,4-5H,3,6-8H2. The van der Waals surface area contributed by atoms with Crippen molar-refractivity contribution >= 4 is 27.5 Å². The summed E-state index contributed by atoms with van der Waals surface area (Å²) in [4.78, 5) is 15.5. The molecular weight excluding hydrogens is 291 g/mol. The van der Waals surface area contributed by atoms with Crippen LogP contribution in [0.1, 0.15) is 17.8 Å². The van der Waals surface area contributed by atoms with Gasteiger partial charge in [-0.05, 0) is 25.0 Å². The Kier molecular flexibility index (Phi) is 4.59. The van der Waals surface area contributed by atoms with Gasteiger partial charge in [0.15, 0.2) is 6.61 Å². The van der Waals surface area contributed by atoms with Gasteiger partial charge in [-0.3, -0.25) is 4.79 Å². The quantitative estimate of drug-likeness (QED) is 0.790. The van der Waals surface area contributed by atoms with Gasteiger partial charge in [-0.2, -0.15) is 13.2 Å². The molecule has 0 bridgehead atoms. The predicted octanol–water partition coefficient (Wildman–Crippen LogP) is 3.72. The van der Waals surface area contributed by atoms with E-state index in [1.54, 1.807) is 0 Å². The third-order valence-electron chi connectivity index (χ3n) is 2.51. The fourth-order valence-corrected chi connectivity index (χ4v) is 2.65. The number of benzene rings is 1. The molecular formula is C13H12F3NO2S. The van der Waals surface area contributed by atoms with Gasteiger partial charge in [0.05, 0.1) is 15.2 Å². The van der Waals surface area contributed by atoms with Crippen LogP contribution in [0.15, 0.2) is 24.3 Å². The first-order chi connectivity index (χ1) is 9.44. The Morgan fingerprint density at radius 3 is 2.75 bits per heavy atom. The number of carbonyl (C=O) groups excluding carboxylic acids is 1. The number of para-hydroxylation sites is 1. The summed E-state index contributed by atoms with van der Waals surface area (Å²) >= 11 is 1.52. The number of aromatic nitrogens is 1. The monoisotopic (exact) mass is 303 g/mol. The summed E-state index contributed by atoms with van der Waals surface area (Å²) in [5.41, 5.74) is 0.896. The number of esters is 1. The zero-order chi connectivity index (χ0) is 14.6. The van der Waals surface area contributed by atoms with Crippen LogP contribution in [0.2, 0.25) is 0 Å². The van der Waals surface area contributed by atoms with Crippen molar-refractivity contribution in [3.05, 3.63) is 29.3 Å². The van der Waals surface area contributed by atoms with Gasteiger partial charge in [0, 0.05) is 6.42 Å². The van der Waals surface area contributed by atoms with Crippen LogP contribution in [0.25, 0.3) is 10.2 Å². The molecule has 0 amide bonds. The lowest BCUT2D eigenvalue weighted by atomic mass is 10.2. The third kappa shape index (κ3) is 4.48. The molecule has 108 valence electrons. The Bertz CT molecular complexity index is 562. The molecule has 0 N–H and O–H groups in total. The van der Waals surface area contributed by atoms with Crippen molar-refractivity contribution in [2.24, 2.45) is 0 Å². The molecule has 0 saturated carbocycles. The minimum atomic E-state index is -4.47. The van der Waals surface area contributed by atoms with Crippen molar-refractivity contribution in [2.45, 2.75) is 25.4 Å². The molecule has 1 aromatic carbocycles. The molecule has 7 heteroatoms. The highest BCUT2D eigenvalue weighted by molar-refractivity contribution is 7.18.